The van der Waals surface area contributed by atoms with Gasteiger partial charge in [-0.05, 0) is 44.5 Å². The van der Waals surface area contributed by atoms with Gasteiger partial charge >= 0.3 is 0 Å². The summed E-state index contributed by atoms with van der Waals surface area (Å²) in [5.41, 5.74) is 0.587. The third-order valence-corrected chi connectivity index (χ3v) is 4.12. The number of rotatable bonds is 2. The van der Waals surface area contributed by atoms with E-state index in [0.717, 1.165) is 25.9 Å². The van der Waals surface area contributed by atoms with Crippen LogP contribution in [0.15, 0.2) is 24.5 Å². The molecule has 2 fully saturated rings. The minimum atomic E-state index is -0.145. The second kappa shape index (κ2) is 5.71. The summed E-state index contributed by atoms with van der Waals surface area (Å²) in [6.07, 6.45) is 7.83. The number of aromatic nitrogens is 1. The van der Waals surface area contributed by atoms with Crippen LogP contribution in [0.25, 0.3) is 0 Å². The van der Waals surface area contributed by atoms with Gasteiger partial charge in [-0.2, -0.15) is 0 Å². The molecule has 20 heavy (non-hydrogen) atoms. The van der Waals surface area contributed by atoms with Crippen LogP contribution >= 0.6 is 0 Å². The van der Waals surface area contributed by atoms with Crippen molar-refractivity contribution >= 4 is 17.5 Å². The molecule has 1 aromatic rings. The van der Waals surface area contributed by atoms with E-state index in [1.165, 1.54) is 11.3 Å². The molecule has 0 spiro atoms. The summed E-state index contributed by atoms with van der Waals surface area (Å²) in [6, 6.07) is 3.37. The largest absolute Gasteiger partial charge is 0.292 e. The number of pyridine rings is 1. The van der Waals surface area contributed by atoms with Crippen LogP contribution < -0.4 is 4.90 Å². The lowest BCUT2D eigenvalue weighted by Crippen LogP contribution is -2.55. The highest BCUT2D eigenvalue weighted by Gasteiger charge is 2.38. The van der Waals surface area contributed by atoms with Gasteiger partial charge in [0.15, 0.2) is 0 Å². The monoisotopic (exact) mass is 273 g/mol. The number of amides is 2. The summed E-state index contributed by atoms with van der Waals surface area (Å²) in [5, 5.41) is 0. The predicted octanol–water partition coefficient (Wildman–Crippen LogP) is 1.59. The number of carbonyl (C=O) groups excluding carboxylic acids is 2. The first kappa shape index (κ1) is 13.2. The molecule has 5 nitrogen and oxygen atoms in total. The van der Waals surface area contributed by atoms with E-state index >= 15 is 0 Å². The molecule has 106 valence electrons. The van der Waals surface area contributed by atoms with Crippen LogP contribution in [-0.2, 0) is 9.59 Å². The van der Waals surface area contributed by atoms with Gasteiger partial charge in [-0.15, -0.1) is 0 Å². The number of nitrogens with zero attached hydrogens (tertiary/aromatic N) is 3. The third-order valence-electron chi connectivity index (χ3n) is 4.12. The molecule has 5 heteroatoms. The normalized spacial score (nSPS) is 25.0. The first-order valence-electron chi connectivity index (χ1n) is 7.28. The van der Waals surface area contributed by atoms with Crippen LogP contribution in [0.5, 0.6) is 0 Å². The fourth-order valence-corrected chi connectivity index (χ4v) is 3.09. The van der Waals surface area contributed by atoms with Crippen LogP contribution in [0.3, 0.4) is 0 Å². The van der Waals surface area contributed by atoms with E-state index in [-0.39, 0.29) is 17.9 Å². The van der Waals surface area contributed by atoms with E-state index in [1.807, 2.05) is 0 Å². The molecule has 2 amide bonds. The fourth-order valence-electron chi connectivity index (χ4n) is 3.09. The van der Waals surface area contributed by atoms with Gasteiger partial charge in [-0.1, -0.05) is 6.42 Å². The van der Waals surface area contributed by atoms with E-state index in [2.05, 4.69) is 9.88 Å². The minimum Gasteiger partial charge on any atom is -0.292 e. The number of carbonyl (C=O) groups is 2. The summed E-state index contributed by atoms with van der Waals surface area (Å²) < 4.78 is 0. The van der Waals surface area contributed by atoms with Gasteiger partial charge < -0.3 is 0 Å². The first-order valence-corrected chi connectivity index (χ1v) is 7.28. The molecule has 1 atom stereocenters. The van der Waals surface area contributed by atoms with Crippen LogP contribution in [0.2, 0.25) is 0 Å². The second-order valence-electron chi connectivity index (χ2n) is 5.43. The van der Waals surface area contributed by atoms with Gasteiger partial charge in [-0.3, -0.25) is 19.5 Å². The summed E-state index contributed by atoms with van der Waals surface area (Å²) in [7, 11) is 0. The topological polar surface area (TPSA) is 53.5 Å². The van der Waals surface area contributed by atoms with Crippen molar-refractivity contribution < 1.29 is 9.59 Å². The summed E-state index contributed by atoms with van der Waals surface area (Å²) in [6.45, 7) is 1.93. The molecule has 1 aromatic heterocycles. The Bertz CT molecular complexity index is 497. The molecule has 0 N–H and O–H groups in total. The maximum Gasteiger partial charge on any atom is 0.251 e. The lowest BCUT2D eigenvalue weighted by atomic mass is 9.99. The molecule has 0 aliphatic carbocycles. The van der Waals surface area contributed by atoms with Crippen molar-refractivity contribution in [2.45, 2.75) is 38.1 Å². The zero-order valence-corrected chi connectivity index (χ0v) is 11.5. The Hall–Kier alpha value is -1.75. The van der Waals surface area contributed by atoms with E-state index < -0.39 is 0 Å². The Balaban J connectivity index is 1.82. The molecular formula is C15H19N3O2. The highest BCUT2D eigenvalue weighted by atomic mass is 16.2. The highest BCUT2D eigenvalue weighted by Crippen LogP contribution is 2.25. The van der Waals surface area contributed by atoms with E-state index in [0.29, 0.717) is 18.5 Å². The first-order chi connectivity index (χ1) is 9.77. The molecule has 3 heterocycles. The molecule has 0 saturated carbocycles. The Morgan fingerprint density at radius 1 is 1.15 bits per heavy atom. The van der Waals surface area contributed by atoms with E-state index in [4.69, 9.17) is 0 Å². The van der Waals surface area contributed by atoms with E-state index in [9.17, 15) is 9.59 Å². The maximum absolute atomic E-state index is 12.7. The number of anilines is 1. The smallest absolute Gasteiger partial charge is 0.251 e. The van der Waals surface area contributed by atoms with Gasteiger partial charge in [0.05, 0.1) is 17.9 Å². The number of imide groups is 1. The number of likely N-dealkylation sites (tertiary alicyclic amines) is 1. The lowest BCUT2D eigenvalue weighted by molar-refractivity contribution is -0.133. The Labute approximate surface area is 118 Å². The predicted molar refractivity (Wildman–Crippen MR) is 75.2 cm³/mol. The summed E-state index contributed by atoms with van der Waals surface area (Å²) in [5.74, 6) is -0.201. The van der Waals surface area contributed by atoms with Gasteiger partial charge in [0.1, 0.15) is 0 Å². The van der Waals surface area contributed by atoms with Crippen molar-refractivity contribution in [3.05, 3.63) is 24.5 Å². The summed E-state index contributed by atoms with van der Waals surface area (Å²) in [4.78, 5) is 32.3. The quantitative estimate of drug-likeness (QED) is 0.768. The van der Waals surface area contributed by atoms with Gasteiger partial charge in [0, 0.05) is 12.6 Å². The Morgan fingerprint density at radius 3 is 2.65 bits per heavy atom. The second-order valence-corrected chi connectivity index (χ2v) is 5.43. The van der Waals surface area contributed by atoms with Crippen molar-refractivity contribution in [1.29, 1.82) is 0 Å². The standard InChI is InChI=1S/C15H19N3O2/c19-14-7-6-13(17-9-2-1-3-10-17)15(20)18(14)12-5-4-8-16-11-12/h4-5,8,11,13H,1-3,6-7,9-10H2. The molecule has 0 radical (unpaired) electrons. The molecule has 2 saturated heterocycles. The van der Waals surface area contributed by atoms with Crippen molar-refractivity contribution in [2.24, 2.45) is 0 Å². The third kappa shape index (κ3) is 2.45. The van der Waals surface area contributed by atoms with Gasteiger partial charge in [0.2, 0.25) is 5.91 Å². The highest BCUT2D eigenvalue weighted by molar-refractivity contribution is 6.18. The Morgan fingerprint density at radius 2 is 1.95 bits per heavy atom. The SMILES string of the molecule is O=C1CCC(N2CCCCC2)C(=O)N1c1cccnc1. The number of hydrogen-bond donors (Lipinski definition) is 0. The minimum absolute atomic E-state index is 0.0869. The van der Waals surface area contributed by atoms with Crippen molar-refractivity contribution in [3.8, 4) is 0 Å². The van der Waals surface area contributed by atoms with Crippen molar-refractivity contribution in [2.75, 3.05) is 18.0 Å². The van der Waals surface area contributed by atoms with Crippen molar-refractivity contribution in [1.82, 2.24) is 9.88 Å². The zero-order valence-electron chi connectivity index (χ0n) is 11.5. The van der Waals surface area contributed by atoms with Crippen LogP contribution in [0.1, 0.15) is 32.1 Å². The molecular weight excluding hydrogens is 254 g/mol. The summed E-state index contributed by atoms with van der Waals surface area (Å²) >= 11 is 0. The van der Waals surface area contributed by atoms with Gasteiger partial charge in [-0.25, -0.2) is 4.90 Å². The van der Waals surface area contributed by atoms with Crippen LogP contribution in [0.4, 0.5) is 5.69 Å². The number of hydrogen-bond acceptors (Lipinski definition) is 4. The number of piperidine rings is 2. The Kier molecular flexibility index (Phi) is 3.78. The fraction of sp³-hybridized carbons (Fsp3) is 0.533. The van der Waals surface area contributed by atoms with Crippen molar-refractivity contribution in [3.63, 3.8) is 0 Å². The molecule has 2 aliphatic rings. The molecule has 0 bridgehead atoms. The molecule has 1 unspecified atom stereocenters. The van der Waals surface area contributed by atoms with Crippen LogP contribution in [-0.4, -0.2) is 40.8 Å². The average molecular weight is 273 g/mol. The average Bonchev–Trinajstić information content (AvgIpc) is 2.49. The van der Waals surface area contributed by atoms with Crippen LogP contribution in [0, 0.1) is 0 Å². The van der Waals surface area contributed by atoms with Gasteiger partial charge in [0.25, 0.3) is 5.91 Å². The molecule has 2 aliphatic heterocycles. The van der Waals surface area contributed by atoms with E-state index in [1.54, 1.807) is 24.5 Å². The molecule has 0 aromatic carbocycles. The molecule has 3 rings (SSSR count). The lowest BCUT2D eigenvalue weighted by Gasteiger charge is -2.38. The maximum atomic E-state index is 12.7. The zero-order chi connectivity index (χ0) is 13.9.